The topological polar surface area (TPSA) is 0 Å². The molecule has 14 heavy (non-hydrogen) atoms. The van der Waals surface area contributed by atoms with Crippen molar-refractivity contribution in [3.63, 3.8) is 0 Å². The highest BCUT2D eigenvalue weighted by Gasteiger charge is 2.11. The summed E-state index contributed by atoms with van der Waals surface area (Å²) in [5.41, 5.74) is 1.11. The number of hydrogen-bond acceptors (Lipinski definition) is 0. The molecule has 0 bridgehead atoms. The van der Waals surface area contributed by atoms with Gasteiger partial charge in [-0.2, -0.15) is 0 Å². The summed E-state index contributed by atoms with van der Waals surface area (Å²) >= 11 is 17.8. The van der Waals surface area contributed by atoms with E-state index in [1.807, 2.05) is 19.1 Å². The molecule has 0 N–H and O–H groups in total. The minimum Gasteiger partial charge on any atom is -0.123 e. The Kier molecular flexibility index (Phi) is 4.56. The first-order valence-corrected chi connectivity index (χ1v) is 5.78. The van der Waals surface area contributed by atoms with E-state index in [4.69, 9.17) is 34.8 Å². The van der Waals surface area contributed by atoms with Gasteiger partial charge in [0, 0.05) is 15.4 Å². The quantitative estimate of drug-likeness (QED) is 0.677. The van der Waals surface area contributed by atoms with Crippen molar-refractivity contribution in [2.24, 2.45) is 5.92 Å². The van der Waals surface area contributed by atoms with Gasteiger partial charge in [-0.15, -0.1) is 11.6 Å². The molecule has 0 aliphatic rings. The van der Waals surface area contributed by atoms with E-state index in [-0.39, 0.29) is 5.38 Å². The fourth-order valence-electron chi connectivity index (χ4n) is 1.20. The summed E-state index contributed by atoms with van der Waals surface area (Å²) in [7, 11) is 0. The molecule has 0 saturated heterocycles. The summed E-state index contributed by atoms with van der Waals surface area (Å²) < 4.78 is 0. The van der Waals surface area contributed by atoms with E-state index in [9.17, 15) is 0 Å². The third-order valence-corrected chi connectivity index (χ3v) is 3.36. The normalized spacial score (nSPS) is 15.2. The van der Waals surface area contributed by atoms with Crippen LogP contribution in [0.1, 0.15) is 19.4 Å². The second-order valence-corrected chi connectivity index (χ2v) is 5.13. The first-order chi connectivity index (χ1) is 6.50. The van der Waals surface area contributed by atoms with Gasteiger partial charge in [0.25, 0.3) is 0 Å². The number of hydrogen-bond donors (Lipinski definition) is 0. The first kappa shape index (κ1) is 12.2. The van der Waals surface area contributed by atoms with Gasteiger partial charge in [0.2, 0.25) is 0 Å². The molecule has 78 valence electrons. The fourth-order valence-corrected chi connectivity index (χ4v) is 1.77. The Morgan fingerprint density at radius 1 is 1.21 bits per heavy atom. The van der Waals surface area contributed by atoms with Crippen molar-refractivity contribution < 1.29 is 0 Å². The molecule has 0 aromatic heterocycles. The van der Waals surface area contributed by atoms with Crippen molar-refractivity contribution in [2.45, 2.75) is 25.6 Å². The second-order valence-electron chi connectivity index (χ2n) is 3.59. The van der Waals surface area contributed by atoms with Crippen LogP contribution >= 0.6 is 34.8 Å². The molecular weight excluding hydrogens is 238 g/mol. The number of alkyl halides is 1. The average Bonchev–Trinajstić information content (AvgIpc) is 2.09. The molecule has 0 fully saturated rings. The smallest absolute Gasteiger partial charge is 0.0452 e. The van der Waals surface area contributed by atoms with Crippen LogP contribution in [0.2, 0.25) is 10.0 Å². The third-order valence-electron chi connectivity index (χ3n) is 2.34. The highest BCUT2D eigenvalue weighted by Crippen LogP contribution is 2.25. The zero-order valence-electron chi connectivity index (χ0n) is 8.23. The van der Waals surface area contributed by atoms with Crippen LogP contribution < -0.4 is 0 Å². The van der Waals surface area contributed by atoms with Gasteiger partial charge in [-0.1, -0.05) is 36.2 Å². The van der Waals surface area contributed by atoms with E-state index in [0.29, 0.717) is 10.9 Å². The van der Waals surface area contributed by atoms with Crippen LogP contribution in [0, 0.1) is 5.92 Å². The van der Waals surface area contributed by atoms with Crippen molar-refractivity contribution in [2.75, 3.05) is 0 Å². The van der Waals surface area contributed by atoms with E-state index >= 15 is 0 Å². The van der Waals surface area contributed by atoms with E-state index in [2.05, 4.69) is 6.92 Å². The Morgan fingerprint density at radius 3 is 2.36 bits per heavy atom. The summed E-state index contributed by atoms with van der Waals surface area (Å²) in [5, 5.41) is 1.55. The van der Waals surface area contributed by atoms with Crippen LogP contribution in [0.3, 0.4) is 0 Å². The van der Waals surface area contributed by atoms with Gasteiger partial charge in [0.15, 0.2) is 0 Å². The molecule has 0 heterocycles. The summed E-state index contributed by atoms with van der Waals surface area (Å²) in [4.78, 5) is 0. The number of benzene rings is 1. The summed E-state index contributed by atoms with van der Waals surface area (Å²) in [6.45, 7) is 4.11. The zero-order valence-corrected chi connectivity index (χ0v) is 10.5. The molecule has 0 aliphatic carbocycles. The Balaban J connectivity index is 2.77. The second kappa shape index (κ2) is 5.25. The fraction of sp³-hybridized carbons (Fsp3) is 0.455. The van der Waals surface area contributed by atoms with Gasteiger partial charge in [-0.3, -0.25) is 0 Å². The van der Waals surface area contributed by atoms with Gasteiger partial charge in [0.05, 0.1) is 0 Å². The summed E-state index contributed by atoms with van der Waals surface area (Å²) in [5.74, 6) is 0.412. The summed E-state index contributed by atoms with van der Waals surface area (Å²) in [6, 6.07) is 5.58. The van der Waals surface area contributed by atoms with Crippen molar-refractivity contribution in [3.8, 4) is 0 Å². The lowest BCUT2D eigenvalue weighted by molar-refractivity contribution is 0.568. The molecule has 0 nitrogen and oxygen atoms in total. The maximum atomic E-state index is 6.05. The Labute approximate surface area is 100 Å². The molecule has 0 amide bonds. The lowest BCUT2D eigenvalue weighted by Crippen LogP contribution is -2.10. The molecule has 3 heteroatoms. The minimum absolute atomic E-state index is 0.154. The van der Waals surface area contributed by atoms with Crippen molar-refractivity contribution in [1.29, 1.82) is 0 Å². The predicted octanol–water partition coefficient (Wildman–Crippen LogP) is 4.80. The predicted molar refractivity (Wildman–Crippen MR) is 64.6 cm³/mol. The molecule has 1 aromatic rings. The summed E-state index contributed by atoms with van der Waals surface area (Å²) in [6.07, 6.45) is 0.890. The third kappa shape index (κ3) is 3.34. The number of rotatable bonds is 3. The van der Waals surface area contributed by atoms with E-state index in [1.54, 1.807) is 6.07 Å². The molecule has 0 saturated carbocycles. The lowest BCUT2D eigenvalue weighted by Gasteiger charge is -2.14. The van der Waals surface area contributed by atoms with Gasteiger partial charge in [-0.25, -0.2) is 0 Å². The van der Waals surface area contributed by atoms with Crippen LogP contribution in [0.25, 0.3) is 0 Å². The van der Waals surface area contributed by atoms with Crippen LogP contribution in [0.4, 0.5) is 0 Å². The van der Waals surface area contributed by atoms with Crippen LogP contribution in [-0.2, 0) is 6.42 Å². The van der Waals surface area contributed by atoms with E-state index in [0.717, 1.165) is 17.0 Å². The van der Waals surface area contributed by atoms with Crippen LogP contribution in [0.15, 0.2) is 18.2 Å². The largest absolute Gasteiger partial charge is 0.123 e. The van der Waals surface area contributed by atoms with Gasteiger partial charge in [0.1, 0.15) is 0 Å². The van der Waals surface area contributed by atoms with Gasteiger partial charge < -0.3 is 0 Å². The van der Waals surface area contributed by atoms with Crippen LogP contribution in [-0.4, -0.2) is 5.38 Å². The van der Waals surface area contributed by atoms with Crippen molar-refractivity contribution in [1.82, 2.24) is 0 Å². The molecule has 2 atom stereocenters. The maximum Gasteiger partial charge on any atom is 0.0452 e. The Hall–Kier alpha value is 0.0900. The highest BCUT2D eigenvalue weighted by atomic mass is 35.5. The van der Waals surface area contributed by atoms with Gasteiger partial charge in [-0.05, 0) is 37.0 Å². The molecule has 0 spiro atoms. The Bertz CT molecular complexity index is 307. The molecule has 0 radical (unpaired) electrons. The molecule has 0 aliphatic heterocycles. The number of halogens is 3. The highest BCUT2D eigenvalue weighted by molar-refractivity contribution is 6.35. The first-order valence-electron chi connectivity index (χ1n) is 4.58. The standard InChI is InChI=1S/C11H13Cl3/c1-7(8(2)12)5-9-3-4-10(13)6-11(9)14/h3-4,6-8H,5H2,1-2H3. The monoisotopic (exact) mass is 250 g/mol. The van der Waals surface area contributed by atoms with Crippen molar-refractivity contribution in [3.05, 3.63) is 33.8 Å². The average molecular weight is 252 g/mol. The van der Waals surface area contributed by atoms with Crippen LogP contribution in [0.5, 0.6) is 0 Å². The Morgan fingerprint density at radius 2 is 1.86 bits per heavy atom. The SMILES string of the molecule is CC(Cl)C(C)Cc1ccc(Cl)cc1Cl. The minimum atomic E-state index is 0.154. The van der Waals surface area contributed by atoms with Gasteiger partial charge >= 0.3 is 0 Å². The van der Waals surface area contributed by atoms with Crippen molar-refractivity contribution >= 4 is 34.8 Å². The molecule has 1 rings (SSSR count). The maximum absolute atomic E-state index is 6.05. The zero-order chi connectivity index (χ0) is 10.7. The lowest BCUT2D eigenvalue weighted by atomic mass is 9.98. The van der Waals surface area contributed by atoms with E-state index in [1.165, 1.54) is 0 Å². The molecular formula is C11H13Cl3. The molecule has 1 aromatic carbocycles. The molecule has 2 unspecified atom stereocenters. The van der Waals surface area contributed by atoms with E-state index < -0.39 is 0 Å².